The van der Waals surface area contributed by atoms with Crippen LogP contribution >= 0.6 is 11.8 Å². The topological polar surface area (TPSA) is 49.3 Å². The number of nitrogens with one attached hydrogen (secondary N) is 1. The van der Waals surface area contributed by atoms with E-state index in [2.05, 4.69) is 5.32 Å². The first-order chi connectivity index (χ1) is 5.74. The summed E-state index contributed by atoms with van der Waals surface area (Å²) < 4.78 is 0. The number of aliphatic hydroxyl groups excluding tert-OH is 1. The molecule has 2 atom stereocenters. The summed E-state index contributed by atoms with van der Waals surface area (Å²) in [5.41, 5.74) is 0. The van der Waals surface area contributed by atoms with Crippen molar-refractivity contribution in [3.8, 4) is 0 Å². The molecule has 0 bridgehead atoms. The van der Waals surface area contributed by atoms with E-state index in [0.29, 0.717) is 0 Å². The molecule has 1 aliphatic heterocycles. The average Bonchev–Trinajstić information content (AvgIpc) is 2.56. The number of hydrogen-bond donors (Lipinski definition) is 2. The van der Waals surface area contributed by atoms with Gasteiger partial charge in [0.15, 0.2) is 0 Å². The van der Waals surface area contributed by atoms with Crippen molar-refractivity contribution >= 4 is 17.7 Å². The second-order valence-electron chi connectivity index (χ2n) is 3.09. The fraction of sp³-hybridized carbons (Fsp3) is 0.875. The van der Waals surface area contributed by atoms with Crippen LogP contribution < -0.4 is 5.32 Å². The van der Waals surface area contributed by atoms with Gasteiger partial charge >= 0.3 is 0 Å². The lowest BCUT2D eigenvalue weighted by Gasteiger charge is -2.13. The Kier molecular flexibility index (Phi) is 3.88. The molecule has 2 N–H and O–H groups in total. The Morgan fingerprint density at radius 2 is 2.58 bits per heavy atom. The number of rotatable bonds is 3. The van der Waals surface area contributed by atoms with E-state index in [-0.39, 0.29) is 23.8 Å². The third kappa shape index (κ3) is 2.68. The molecule has 1 rings (SSSR count). The maximum Gasteiger partial charge on any atom is 0.233 e. The summed E-state index contributed by atoms with van der Waals surface area (Å²) in [7, 11) is 0. The Morgan fingerprint density at radius 1 is 1.83 bits per heavy atom. The van der Waals surface area contributed by atoms with Gasteiger partial charge in [-0.15, -0.1) is 11.8 Å². The van der Waals surface area contributed by atoms with Crippen LogP contribution in [0.2, 0.25) is 0 Å². The summed E-state index contributed by atoms with van der Waals surface area (Å²) in [6.45, 7) is 1.82. The minimum atomic E-state index is -0.112. The van der Waals surface area contributed by atoms with Crippen molar-refractivity contribution in [3.05, 3.63) is 0 Å². The Balaban J connectivity index is 2.27. The van der Waals surface area contributed by atoms with Gasteiger partial charge < -0.3 is 10.4 Å². The summed E-state index contributed by atoms with van der Waals surface area (Å²) in [6, 6.07) is -0.112. The minimum absolute atomic E-state index is 0.0170. The van der Waals surface area contributed by atoms with Gasteiger partial charge in [0.25, 0.3) is 0 Å². The van der Waals surface area contributed by atoms with Crippen molar-refractivity contribution in [1.82, 2.24) is 5.32 Å². The van der Waals surface area contributed by atoms with Gasteiger partial charge in [0, 0.05) is 6.04 Å². The summed E-state index contributed by atoms with van der Waals surface area (Å²) in [4.78, 5) is 11.4. The van der Waals surface area contributed by atoms with Crippen LogP contribution in [0.1, 0.15) is 19.8 Å². The van der Waals surface area contributed by atoms with E-state index in [9.17, 15) is 4.79 Å². The first-order valence-corrected chi connectivity index (χ1v) is 5.31. The van der Waals surface area contributed by atoms with Crippen LogP contribution in [0.15, 0.2) is 0 Å². The molecule has 1 amide bonds. The molecule has 0 aromatic rings. The van der Waals surface area contributed by atoms with E-state index in [1.165, 1.54) is 0 Å². The molecule has 3 nitrogen and oxygen atoms in total. The number of thioether (sulfide) groups is 1. The maximum absolute atomic E-state index is 11.4. The highest BCUT2D eigenvalue weighted by atomic mass is 32.2. The second kappa shape index (κ2) is 4.72. The van der Waals surface area contributed by atoms with E-state index in [1.54, 1.807) is 18.7 Å². The van der Waals surface area contributed by atoms with Crippen LogP contribution in [0.4, 0.5) is 0 Å². The predicted molar refractivity (Wildman–Crippen MR) is 50.2 cm³/mol. The number of aliphatic hydroxyl groups is 1. The monoisotopic (exact) mass is 189 g/mol. The van der Waals surface area contributed by atoms with E-state index in [1.807, 2.05) is 0 Å². The number of amides is 1. The van der Waals surface area contributed by atoms with E-state index >= 15 is 0 Å². The average molecular weight is 189 g/mol. The van der Waals surface area contributed by atoms with Gasteiger partial charge in [0.05, 0.1) is 11.9 Å². The third-order valence-electron chi connectivity index (χ3n) is 1.88. The highest BCUT2D eigenvalue weighted by Gasteiger charge is 2.23. The van der Waals surface area contributed by atoms with Crippen molar-refractivity contribution in [2.75, 3.05) is 12.4 Å². The van der Waals surface area contributed by atoms with Crippen LogP contribution in [0, 0.1) is 0 Å². The SMILES string of the molecule is CC(CO)NC(=O)C1CCCS1. The van der Waals surface area contributed by atoms with Gasteiger partial charge in [-0.1, -0.05) is 0 Å². The molecule has 1 heterocycles. The van der Waals surface area contributed by atoms with E-state index in [4.69, 9.17) is 5.11 Å². The Hall–Kier alpha value is -0.220. The number of carbonyl (C=O) groups is 1. The molecule has 2 unspecified atom stereocenters. The second-order valence-corrected chi connectivity index (χ2v) is 4.40. The molecule has 0 aliphatic carbocycles. The molecule has 0 aromatic carbocycles. The summed E-state index contributed by atoms with van der Waals surface area (Å²) in [5, 5.41) is 11.6. The Bertz CT molecular complexity index is 157. The lowest BCUT2D eigenvalue weighted by Crippen LogP contribution is -2.39. The van der Waals surface area contributed by atoms with Crippen molar-refractivity contribution in [3.63, 3.8) is 0 Å². The van der Waals surface area contributed by atoms with E-state index in [0.717, 1.165) is 18.6 Å². The van der Waals surface area contributed by atoms with Gasteiger partial charge in [0.1, 0.15) is 0 Å². The zero-order valence-corrected chi connectivity index (χ0v) is 8.06. The molecular weight excluding hydrogens is 174 g/mol. The van der Waals surface area contributed by atoms with Gasteiger partial charge in [0.2, 0.25) is 5.91 Å². The van der Waals surface area contributed by atoms with Gasteiger partial charge in [-0.2, -0.15) is 0 Å². The summed E-state index contributed by atoms with van der Waals surface area (Å²) >= 11 is 1.71. The first kappa shape index (κ1) is 9.86. The molecule has 12 heavy (non-hydrogen) atoms. The molecule has 1 aliphatic rings. The van der Waals surface area contributed by atoms with Crippen LogP contribution in [-0.2, 0) is 4.79 Å². The number of hydrogen-bond acceptors (Lipinski definition) is 3. The Morgan fingerprint density at radius 3 is 3.08 bits per heavy atom. The lowest BCUT2D eigenvalue weighted by atomic mass is 10.2. The first-order valence-electron chi connectivity index (χ1n) is 4.27. The van der Waals surface area contributed by atoms with E-state index < -0.39 is 0 Å². The van der Waals surface area contributed by atoms with Gasteiger partial charge in [-0.25, -0.2) is 0 Å². The molecule has 0 aromatic heterocycles. The van der Waals surface area contributed by atoms with Crippen LogP contribution in [-0.4, -0.2) is 34.7 Å². The zero-order valence-electron chi connectivity index (χ0n) is 7.25. The molecule has 4 heteroatoms. The highest BCUT2D eigenvalue weighted by Crippen LogP contribution is 2.25. The Labute approximate surface area is 76.9 Å². The van der Waals surface area contributed by atoms with Crippen molar-refractivity contribution in [1.29, 1.82) is 0 Å². The molecule has 0 spiro atoms. The summed E-state index contributed by atoms with van der Waals surface area (Å²) in [5.74, 6) is 1.17. The smallest absolute Gasteiger partial charge is 0.233 e. The standard InChI is InChI=1S/C8H15NO2S/c1-6(5-10)9-8(11)7-3-2-4-12-7/h6-7,10H,2-5H2,1H3,(H,9,11). The zero-order chi connectivity index (χ0) is 8.97. The van der Waals surface area contributed by atoms with Crippen molar-refractivity contribution in [2.24, 2.45) is 0 Å². The molecule has 70 valence electrons. The van der Waals surface area contributed by atoms with Crippen LogP contribution in [0.25, 0.3) is 0 Å². The third-order valence-corrected chi connectivity index (χ3v) is 3.26. The molecular formula is C8H15NO2S. The lowest BCUT2D eigenvalue weighted by molar-refractivity contribution is -0.121. The van der Waals surface area contributed by atoms with Crippen molar-refractivity contribution in [2.45, 2.75) is 31.1 Å². The quantitative estimate of drug-likeness (QED) is 0.675. The van der Waals surface area contributed by atoms with Gasteiger partial charge in [-0.3, -0.25) is 4.79 Å². The summed E-state index contributed by atoms with van der Waals surface area (Å²) in [6.07, 6.45) is 2.12. The molecule has 0 radical (unpaired) electrons. The molecule has 0 saturated carbocycles. The van der Waals surface area contributed by atoms with Crippen LogP contribution in [0.3, 0.4) is 0 Å². The fourth-order valence-corrected chi connectivity index (χ4v) is 2.34. The predicted octanol–water partition coefficient (Wildman–Crippen LogP) is 0.379. The number of carbonyl (C=O) groups excluding carboxylic acids is 1. The normalized spacial score (nSPS) is 25.3. The van der Waals surface area contributed by atoms with Crippen LogP contribution in [0.5, 0.6) is 0 Å². The van der Waals surface area contributed by atoms with Gasteiger partial charge in [-0.05, 0) is 25.5 Å². The fourth-order valence-electron chi connectivity index (χ4n) is 1.17. The highest BCUT2D eigenvalue weighted by molar-refractivity contribution is 8.00. The maximum atomic E-state index is 11.4. The minimum Gasteiger partial charge on any atom is -0.394 e. The molecule has 1 fully saturated rings. The largest absolute Gasteiger partial charge is 0.394 e. The van der Waals surface area contributed by atoms with Crippen molar-refractivity contribution < 1.29 is 9.90 Å². The molecule has 1 saturated heterocycles.